The molecule has 0 radical (unpaired) electrons. The molecule has 0 unspecified atom stereocenters. The molecule has 0 saturated carbocycles. The van der Waals surface area contributed by atoms with Crippen LogP contribution in [0, 0.1) is 0 Å². The molecule has 3 nitrogen and oxygen atoms in total. The summed E-state index contributed by atoms with van der Waals surface area (Å²) >= 11 is 0. The van der Waals surface area contributed by atoms with Crippen LogP contribution in [0.4, 0.5) is 8.78 Å². The third kappa shape index (κ3) is 4.41. The quantitative estimate of drug-likeness (QED) is 0.593. The molecule has 0 amide bonds. The van der Waals surface area contributed by atoms with Gasteiger partial charge in [0.25, 0.3) is 0 Å². The summed E-state index contributed by atoms with van der Waals surface area (Å²) in [5, 5.41) is 0. The molecule has 0 bridgehead atoms. The largest absolute Gasteiger partial charge is 0.497 e. The monoisotopic (exact) mass is 304 g/mol. The summed E-state index contributed by atoms with van der Waals surface area (Å²) in [4.78, 5) is 12.0. The van der Waals surface area contributed by atoms with E-state index in [9.17, 15) is 13.6 Å². The van der Waals surface area contributed by atoms with E-state index in [1.54, 1.807) is 25.3 Å². The van der Waals surface area contributed by atoms with Gasteiger partial charge in [-0.05, 0) is 48.0 Å². The molecule has 22 heavy (non-hydrogen) atoms. The summed E-state index contributed by atoms with van der Waals surface area (Å²) < 4.78 is 33.3. The van der Waals surface area contributed by atoms with Crippen molar-refractivity contribution in [2.24, 2.45) is 0 Å². The lowest BCUT2D eigenvalue weighted by atomic mass is 10.1. The van der Waals surface area contributed by atoms with E-state index >= 15 is 0 Å². The molecule has 5 heteroatoms. The highest BCUT2D eigenvalue weighted by atomic mass is 19.3. The number of alkyl halides is 2. The van der Waals surface area contributed by atoms with Gasteiger partial charge in [-0.2, -0.15) is 8.78 Å². The van der Waals surface area contributed by atoms with Crippen LogP contribution in [-0.4, -0.2) is 19.5 Å². The Labute approximate surface area is 126 Å². The van der Waals surface area contributed by atoms with Crippen molar-refractivity contribution in [1.29, 1.82) is 0 Å². The molecule has 114 valence electrons. The van der Waals surface area contributed by atoms with Crippen molar-refractivity contribution < 1.29 is 23.0 Å². The van der Waals surface area contributed by atoms with Crippen molar-refractivity contribution in [3.05, 3.63) is 65.7 Å². The molecule has 0 spiro atoms. The molecule has 2 aromatic rings. The molecule has 0 aliphatic heterocycles. The molecule has 0 atom stereocenters. The topological polar surface area (TPSA) is 35.5 Å². The molecule has 0 heterocycles. The minimum atomic E-state index is -2.88. The highest BCUT2D eigenvalue weighted by Crippen LogP contribution is 2.16. The van der Waals surface area contributed by atoms with E-state index in [1.807, 2.05) is 12.1 Å². The lowest BCUT2D eigenvalue weighted by Gasteiger charge is -2.04. The predicted molar refractivity (Wildman–Crippen MR) is 79.4 cm³/mol. The highest BCUT2D eigenvalue weighted by Gasteiger charge is 2.06. The first-order valence-electron chi connectivity index (χ1n) is 6.50. The number of benzene rings is 2. The Morgan fingerprint density at radius 2 is 1.59 bits per heavy atom. The third-order valence-electron chi connectivity index (χ3n) is 2.91. The maximum absolute atomic E-state index is 12.0. The average Bonchev–Trinajstić information content (AvgIpc) is 2.53. The van der Waals surface area contributed by atoms with Gasteiger partial charge in [0.2, 0.25) is 0 Å². The Balaban J connectivity index is 2.02. The van der Waals surface area contributed by atoms with Crippen LogP contribution in [0.25, 0.3) is 6.08 Å². The van der Waals surface area contributed by atoms with Crippen LogP contribution < -0.4 is 9.47 Å². The Morgan fingerprint density at radius 1 is 1.00 bits per heavy atom. The predicted octanol–water partition coefficient (Wildman–Crippen LogP) is 4.19. The van der Waals surface area contributed by atoms with Gasteiger partial charge in [-0.15, -0.1) is 0 Å². The van der Waals surface area contributed by atoms with Crippen LogP contribution in [0.2, 0.25) is 0 Å². The first-order chi connectivity index (χ1) is 10.6. The zero-order valence-electron chi connectivity index (χ0n) is 11.8. The Kier molecular flexibility index (Phi) is 5.25. The number of ketones is 1. The second-order valence-electron chi connectivity index (χ2n) is 4.37. The number of allylic oxidation sites excluding steroid dienone is 1. The minimum Gasteiger partial charge on any atom is -0.497 e. The van der Waals surface area contributed by atoms with Crippen molar-refractivity contribution >= 4 is 11.9 Å². The summed E-state index contributed by atoms with van der Waals surface area (Å²) in [6.45, 7) is -2.88. The summed E-state index contributed by atoms with van der Waals surface area (Å²) in [6, 6.07) is 12.8. The van der Waals surface area contributed by atoms with Gasteiger partial charge in [0.05, 0.1) is 7.11 Å². The smallest absolute Gasteiger partial charge is 0.387 e. The number of ether oxygens (including phenoxy) is 2. The fourth-order valence-electron chi connectivity index (χ4n) is 1.78. The van der Waals surface area contributed by atoms with Crippen LogP contribution in [-0.2, 0) is 0 Å². The average molecular weight is 304 g/mol. The van der Waals surface area contributed by atoms with Crippen LogP contribution in [0.5, 0.6) is 11.5 Å². The van der Waals surface area contributed by atoms with E-state index in [4.69, 9.17) is 4.74 Å². The van der Waals surface area contributed by atoms with Gasteiger partial charge < -0.3 is 9.47 Å². The normalized spacial score (nSPS) is 10.9. The van der Waals surface area contributed by atoms with E-state index < -0.39 is 6.61 Å². The molecule has 0 fully saturated rings. The van der Waals surface area contributed by atoms with Crippen LogP contribution in [0.15, 0.2) is 54.6 Å². The van der Waals surface area contributed by atoms with Crippen LogP contribution in [0.3, 0.4) is 0 Å². The summed E-state index contributed by atoms with van der Waals surface area (Å²) in [5.74, 6) is 0.531. The van der Waals surface area contributed by atoms with E-state index in [1.165, 1.54) is 30.3 Å². The Morgan fingerprint density at radius 3 is 2.14 bits per heavy atom. The van der Waals surface area contributed by atoms with Crippen LogP contribution in [0.1, 0.15) is 15.9 Å². The van der Waals surface area contributed by atoms with Gasteiger partial charge >= 0.3 is 6.61 Å². The maximum atomic E-state index is 12.0. The number of carbonyl (C=O) groups is 1. The van der Waals surface area contributed by atoms with E-state index in [2.05, 4.69) is 4.74 Å². The third-order valence-corrected chi connectivity index (χ3v) is 2.91. The first kappa shape index (κ1) is 15.7. The van der Waals surface area contributed by atoms with Crippen molar-refractivity contribution in [2.45, 2.75) is 6.61 Å². The van der Waals surface area contributed by atoms with Gasteiger partial charge in [0.15, 0.2) is 5.78 Å². The Hall–Kier alpha value is -2.69. The number of hydrogen-bond donors (Lipinski definition) is 0. The second-order valence-corrected chi connectivity index (χ2v) is 4.37. The van der Waals surface area contributed by atoms with Crippen LogP contribution >= 0.6 is 0 Å². The summed E-state index contributed by atoms with van der Waals surface area (Å²) in [5.41, 5.74) is 1.25. The fourth-order valence-corrected chi connectivity index (χ4v) is 1.78. The van der Waals surface area contributed by atoms with Gasteiger partial charge in [0, 0.05) is 5.56 Å². The lowest BCUT2D eigenvalue weighted by molar-refractivity contribution is -0.0498. The molecular formula is C17H14F2O3. The minimum absolute atomic E-state index is 0.0192. The molecule has 0 aliphatic carbocycles. The maximum Gasteiger partial charge on any atom is 0.387 e. The van der Waals surface area contributed by atoms with Crippen molar-refractivity contribution in [2.75, 3.05) is 7.11 Å². The van der Waals surface area contributed by atoms with Gasteiger partial charge in [-0.1, -0.05) is 18.2 Å². The second kappa shape index (κ2) is 7.36. The van der Waals surface area contributed by atoms with E-state index in [0.717, 1.165) is 11.3 Å². The molecule has 0 aromatic heterocycles. The number of methoxy groups -OCH3 is 1. The number of hydrogen-bond acceptors (Lipinski definition) is 3. The molecule has 0 N–H and O–H groups in total. The number of rotatable bonds is 6. The summed E-state index contributed by atoms with van der Waals surface area (Å²) in [7, 11) is 1.58. The molecular weight excluding hydrogens is 290 g/mol. The zero-order chi connectivity index (χ0) is 15.9. The zero-order valence-corrected chi connectivity index (χ0v) is 11.8. The first-order valence-corrected chi connectivity index (χ1v) is 6.50. The van der Waals surface area contributed by atoms with Crippen molar-refractivity contribution in [3.63, 3.8) is 0 Å². The van der Waals surface area contributed by atoms with Gasteiger partial charge in [-0.3, -0.25) is 4.79 Å². The highest BCUT2D eigenvalue weighted by molar-refractivity contribution is 6.06. The fraction of sp³-hybridized carbons (Fsp3) is 0.118. The standard InChI is InChI=1S/C17H14F2O3/c1-21-14-7-2-12(3-8-14)4-11-16(20)13-5-9-15(10-6-13)22-17(18)19/h2-11,17H,1H3. The lowest BCUT2D eigenvalue weighted by Crippen LogP contribution is -2.02. The van der Waals surface area contributed by atoms with E-state index in [0.29, 0.717) is 5.56 Å². The molecule has 2 rings (SSSR count). The number of carbonyl (C=O) groups excluding carboxylic acids is 1. The van der Waals surface area contributed by atoms with Gasteiger partial charge in [0.1, 0.15) is 11.5 Å². The van der Waals surface area contributed by atoms with Gasteiger partial charge in [-0.25, -0.2) is 0 Å². The van der Waals surface area contributed by atoms with Crippen molar-refractivity contribution in [1.82, 2.24) is 0 Å². The molecule has 0 aliphatic rings. The van der Waals surface area contributed by atoms with Crippen molar-refractivity contribution in [3.8, 4) is 11.5 Å². The SMILES string of the molecule is COc1ccc(C=CC(=O)c2ccc(OC(F)F)cc2)cc1. The molecule has 0 saturated heterocycles. The summed E-state index contributed by atoms with van der Waals surface area (Å²) in [6.07, 6.45) is 3.09. The number of halogens is 2. The van der Waals surface area contributed by atoms with E-state index in [-0.39, 0.29) is 11.5 Å². The molecule has 2 aromatic carbocycles. The Bertz CT molecular complexity index is 647.